The number of nitrogens with zero attached hydrogens (tertiary/aromatic N) is 3. The van der Waals surface area contributed by atoms with Crippen LogP contribution >= 0.6 is 11.8 Å². The lowest BCUT2D eigenvalue weighted by Crippen LogP contribution is -2.27. The molecule has 0 fully saturated rings. The molecule has 0 radical (unpaired) electrons. The Morgan fingerprint density at radius 2 is 1.55 bits per heavy atom. The van der Waals surface area contributed by atoms with Crippen LogP contribution in [-0.2, 0) is 30.5 Å². The molecular weight excluding hydrogens is 486 g/mol. The maximum absolute atomic E-state index is 13.7. The number of rotatable bonds is 5. The second kappa shape index (κ2) is 10.8. The number of amides is 1. The number of carbonyl (C=O) groups is 1. The molecule has 1 amide bonds. The van der Waals surface area contributed by atoms with E-state index in [2.05, 4.69) is 42.5 Å². The summed E-state index contributed by atoms with van der Waals surface area (Å²) in [7, 11) is 0. The summed E-state index contributed by atoms with van der Waals surface area (Å²) in [6.45, 7) is 0. The number of carbonyl (C=O) groups excluding carboxylic acids is 1. The number of para-hydroxylation sites is 2. The Balaban J connectivity index is 1.19. The Labute approximate surface area is 228 Å². The van der Waals surface area contributed by atoms with Crippen LogP contribution in [0, 0.1) is 11.3 Å². The molecule has 6 rings (SSSR count). The van der Waals surface area contributed by atoms with Crippen LogP contribution in [0.5, 0.6) is 0 Å². The van der Waals surface area contributed by atoms with Crippen LogP contribution in [0.2, 0.25) is 0 Å². The van der Waals surface area contributed by atoms with Crippen molar-refractivity contribution < 1.29 is 4.79 Å². The van der Waals surface area contributed by atoms with E-state index in [9.17, 15) is 10.1 Å². The number of anilines is 2. The fourth-order valence-electron chi connectivity index (χ4n) is 5.74. The summed E-state index contributed by atoms with van der Waals surface area (Å²) < 4.78 is 0. The van der Waals surface area contributed by atoms with Crippen molar-refractivity contribution in [1.82, 2.24) is 4.98 Å². The van der Waals surface area contributed by atoms with Crippen molar-refractivity contribution in [2.45, 2.75) is 49.5 Å². The molecule has 1 aliphatic carbocycles. The molecule has 2 heterocycles. The molecule has 1 aromatic heterocycles. The summed E-state index contributed by atoms with van der Waals surface area (Å²) in [6, 6.07) is 31.4. The van der Waals surface area contributed by atoms with Crippen molar-refractivity contribution >= 4 is 29.0 Å². The van der Waals surface area contributed by atoms with Gasteiger partial charge in [0.25, 0.3) is 0 Å². The predicted octanol–water partition coefficient (Wildman–Crippen LogP) is 7.17. The standard InChI is InChI=1S/C33H29N3OS/c34-22-28-21-27-20-26(23-8-2-1-3-9-23)16-17-29(27)35-33(28)38-19-18-32(37)36-30-12-6-4-10-24(30)14-15-25-11-5-7-13-31(25)36/h1-13,21,26H,14-20H2. The molecule has 1 aliphatic heterocycles. The van der Waals surface area contributed by atoms with E-state index in [1.165, 1.54) is 34.0 Å². The van der Waals surface area contributed by atoms with Gasteiger partial charge in [-0.15, -0.1) is 11.8 Å². The van der Waals surface area contributed by atoms with Crippen molar-refractivity contribution in [1.29, 1.82) is 5.26 Å². The topological polar surface area (TPSA) is 57.0 Å². The largest absolute Gasteiger partial charge is 0.280 e. The minimum atomic E-state index is 0.0708. The Bertz CT molecular complexity index is 1480. The predicted molar refractivity (Wildman–Crippen MR) is 153 cm³/mol. The van der Waals surface area contributed by atoms with E-state index < -0.39 is 0 Å². The second-order valence-corrected chi connectivity index (χ2v) is 11.1. The summed E-state index contributed by atoms with van der Waals surface area (Å²) in [4.78, 5) is 20.5. The van der Waals surface area contributed by atoms with Gasteiger partial charge in [-0.3, -0.25) is 9.69 Å². The van der Waals surface area contributed by atoms with Gasteiger partial charge >= 0.3 is 0 Å². The van der Waals surface area contributed by atoms with Gasteiger partial charge < -0.3 is 0 Å². The lowest BCUT2D eigenvalue weighted by atomic mass is 9.82. The molecule has 4 aromatic rings. The summed E-state index contributed by atoms with van der Waals surface area (Å²) >= 11 is 1.52. The smallest absolute Gasteiger partial charge is 0.232 e. The van der Waals surface area contributed by atoms with Crippen LogP contribution in [0.3, 0.4) is 0 Å². The fraction of sp³-hybridized carbons (Fsp3) is 0.242. The zero-order valence-electron chi connectivity index (χ0n) is 21.3. The molecule has 2 aliphatic rings. The van der Waals surface area contributed by atoms with Crippen LogP contribution in [0.15, 0.2) is 90.0 Å². The molecule has 38 heavy (non-hydrogen) atoms. The Morgan fingerprint density at radius 3 is 2.24 bits per heavy atom. The molecule has 188 valence electrons. The summed E-state index contributed by atoms with van der Waals surface area (Å²) in [5.74, 6) is 1.11. The highest BCUT2D eigenvalue weighted by Gasteiger charge is 2.26. The van der Waals surface area contributed by atoms with Crippen molar-refractivity contribution in [3.05, 3.63) is 118 Å². The van der Waals surface area contributed by atoms with Crippen molar-refractivity contribution in [3.8, 4) is 6.07 Å². The minimum Gasteiger partial charge on any atom is -0.280 e. The van der Waals surface area contributed by atoms with Crippen molar-refractivity contribution in [3.63, 3.8) is 0 Å². The van der Waals surface area contributed by atoms with Gasteiger partial charge in [0.05, 0.1) is 16.9 Å². The van der Waals surface area contributed by atoms with E-state index in [1.807, 2.05) is 53.4 Å². The molecule has 5 heteroatoms. The number of hydrogen-bond donors (Lipinski definition) is 0. The Kier molecular flexibility index (Phi) is 6.98. The van der Waals surface area contributed by atoms with Gasteiger partial charge in [0.2, 0.25) is 5.91 Å². The first kappa shape index (κ1) is 24.5. The molecule has 1 unspecified atom stereocenters. The van der Waals surface area contributed by atoms with Gasteiger partial charge in [0.1, 0.15) is 11.1 Å². The molecule has 4 nitrogen and oxygen atoms in total. The lowest BCUT2D eigenvalue weighted by molar-refractivity contribution is -0.117. The van der Waals surface area contributed by atoms with Gasteiger partial charge in [-0.05, 0) is 78.5 Å². The van der Waals surface area contributed by atoms with E-state index >= 15 is 0 Å². The number of nitriles is 1. The van der Waals surface area contributed by atoms with Gasteiger partial charge in [0.15, 0.2) is 0 Å². The second-order valence-electron chi connectivity index (χ2n) is 9.99. The van der Waals surface area contributed by atoms with Crippen LogP contribution in [0.1, 0.15) is 52.3 Å². The zero-order chi connectivity index (χ0) is 25.9. The molecule has 0 N–H and O–H groups in total. The van der Waals surface area contributed by atoms with Crippen LogP contribution < -0.4 is 4.90 Å². The van der Waals surface area contributed by atoms with Gasteiger partial charge in [0, 0.05) is 17.9 Å². The van der Waals surface area contributed by atoms with E-state index in [-0.39, 0.29) is 5.91 Å². The van der Waals surface area contributed by atoms with E-state index in [0.29, 0.717) is 23.7 Å². The average Bonchev–Trinajstić information content (AvgIpc) is 3.14. The van der Waals surface area contributed by atoms with Gasteiger partial charge in [-0.25, -0.2) is 4.98 Å². The Hall–Kier alpha value is -3.88. The molecule has 0 spiro atoms. The third-order valence-corrected chi connectivity index (χ3v) is 8.67. The zero-order valence-corrected chi connectivity index (χ0v) is 22.1. The number of benzene rings is 3. The third kappa shape index (κ3) is 4.85. The summed E-state index contributed by atoms with van der Waals surface area (Å²) in [5.41, 5.74) is 8.59. The average molecular weight is 516 g/mol. The van der Waals surface area contributed by atoms with Gasteiger partial charge in [-0.2, -0.15) is 5.26 Å². The lowest BCUT2D eigenvalue weighted by Gasteiger charge is -2.25. The first-order valence-corrected chi connectivity index (χ1v) is 14.3. The number of aromatic nitrogens is 1. The highest BCUT2D eigenvalue weighted by atomic mass is 32.2. The van der Waals surface area contributed by atoms with E-state index in [4.69, 9.17) is 4.98 Å². The number of fused-ring (bicyclic) bond motifs is 3. The number of pyridine rings is 1. The fourth-order valence-corrected chi connectivity index (χ4v) is 6.65. The molecule has 0 saturated heterocycles. The first-order valence-electron chi connectivity index (χ1n) is 13.3. The number of aryl methyl sites for hydroxylation is 3. The maximum Gasteiger partial charge on any atom is 0.232 e. The highest BCUT2D eigenvalue weighted by Crippen LogP contribution is 2.37. The Morgan fingerprint density at radius 1 is 0.895 bits per heavy atom. The quantitative estimate of drug-likeness (QED) is 0.264. The van der Waals surface area contributed by atoms with Gasteiger partial charge in [-0.1, -0.05) is 66.7 Å². The normalized spacial score (nSPS) is 16.0. The molecular formula is C33H29N3OS. The molecule has 1 atom stereocenters. The summed E-state index contributed by atoms with van der Waals surface area (Å²) in [5, 5.41) is 10.6. The third-order valence-electron chi connectivity index (χ3n) is 7.68. The summed E-state index contributed by atoms with van der Waals surface area (Å²) in [6.07, 6.45) is 5.09. The minimum absolute atomic E-state index is 0.0708. The monoisotopic (exact) mass is 515 g/mol. The molecule has 0 bridgehead atoms. The SMILES string of the molecule is N#Cc1cc2c(nc1SCCC(=O)N1c3ccccc3CCc3ccccc31)CCC(c1ccccc1)C2. The van der Waals surface area contributed by atoms with E-state index in [0.717, 1.165) is 54.2 Å². The van der Waals surface area contributed by atoms with Crippen molar-refractivity contribution in [2.24, 2.45) is 0 Å². The number of hydrogen-bond acceptors (Lipinski definition) is 4. The number of thioether (sulfide) groups is 1. The van der Waals surface area contributed by atoms with Crippen LogP contribution in [0.25, 0.3) is 0 Å². The highest BCUT2D eigenvalue weighted by molar-refractivity contribution is 7.99. The van der Waals surface area contributed by atoms with Crippen molar-refractivity contribution in [2.75, 3.05) is 10.7 Å². The molecule has 3 aromatic carbocycles. The molecule has 0 saturated carbocycles. The van der Waals surface area contributed by atoms with E-state index in [1.54, 1.807) is 0 Å². The maximum atomic E-state index is 13.7. The van der Waals surface area contributed by atoms with Crippen LogP contribution in [0.4, 0.5) is 11.4 Å². The van der Waals surface area contributed by atoms with Crippen LogP contribution in [-0.4, -0.2) is 16.6 Å². The first-order chi connectivity index (χ1) is 18.7.